The Kier molecular flexibility index (Phi) is 6.37. The van der Waals surface area contributed by atoms with E-state index in [2.05, 4.69) is 117 Å². The summed E-state index contributed by atoms with van der Waals surface area (Å²) in [5, 5.41) is 1.72. The summed E-state index contributed by atoms with van der Waals surface area (Å²) in [6.07, 6.45) is 12.6. The number of hydrogen-bond acceptors (Lipinski definition) is 2. The highest BCUT2D eigenvalue weighted by Crippen LogP contribution is 2.68. The first-order valence-electron chi connectivity index (χ1n) is 14.8. The maximum Gasteiger partial charge on any atom is 0.0563 e. The smallest absolute Gasteiger partial charge is 0.0563 e. The molecule has 2 aromatic carbocycles. The molecule has 0 amide bonds. The number of rotatable bonds is 4. The van der Waals surface area contributed by atoms with Crippen LogP contribution in [0.25, 0.3) is 11.1 Å². The van der Waals surface area contributed by atoms with E-state index in [1.54, 1.807) is 15.4 Å². The average molecular weight is 543 g/mol. The summed E-state index contributed by atoms with van der Waals surface area (Å²) in [6, 6.07) is 20.6. The number of fused-ring (bicyclic) bond motifs is 4. The minimum atomic E-state index is -1.47. The summed E-state index contributed by atoms with van der Waals surface area (Å²) in [5.41, 5.74) is 6.27. The lowest BCUT2D eigenvalue weighted by molar-refractivity contribution is 0.236. The van der Waals surface area contributed by atoms with Gasteiger partial charge in [0, 0.05) is 10.5 Å². The Morgan fingerprint density at radius 1 is 0.676 bits per heavy atom. The van der Waals surface area contributed by atoms with E-state index in [1.165, 1.54) is 43.2 Å². The van der Waals surface area contributed by atoms with Gasteiger partial charge in [0.2, 0.25) is 0 Å². The Hall–Kier alpha value is -1.16. The lowest BCUT2D eigenvalue weighted by Gasteiger charge is -2.46. The second-order valence-electron chi connectivity index (χ2n) is 13.3. The van der Waals surface area contributed by atoms with Crippen LogP contribution in [0.15, 0.2) is 76.6 Å². The van der Waals surface area contributed by atoms with Crippen molar-refractivity contribution in [1.82, 2.24) is 0 Å². The monoisotopic (exact) mass is 542 g/mol. The maximum atomic E-state index is 2.84. The van der Waals surface area contributed by atoms with Crippen molar-refractivity contribution in [2.75, 3.05) is 0 Å². The number of thioether (sulfide) groups is 2. The molecule has 8 atom stereocenters. The van der Waals surface area contributed by atoms with Crippen molar-refractivity contribution in [3.8, 4) is 11.1 Å². The molecule has 0 aromatic heterocycles. The van der Waals surface area contributed by atoms with Crippen LogP contribution >= 0.6 is 23.5 Å². The molecule has 0 nitrogen and oxygen atoms in total. The van der Waals surface area contributed by atoms with Gasteiger partial charge in [0.1, 0.15) is 0 Å². The van der Waals surface area contributed by atoms with E-state index in [-0.39, 0.29) is 0 Å². The van der Waals surface area contributed by atoms with Gasteiger partial charge in [-0.15, -0.1) is 23.5 Å². The lowest BCUT2D eigenvalue weighted by atomic mass is 9.71. The fraction of sp³-hybridized carbons (Fsp3) is 0.529. The summed E-state index contributed by atoms with van der Waals surface area (Å²) >= 11 is 4.53. The summed E-state index contributed by atoms with van der Waals surface area (Å²) in [7, 11) is -1.47. The van der Waals surface area contributed by atoms with Crippen LogP contribution in [-0.4, -0.2) is 18.6 Å². The topological polar surface area (TPSA) is 0 Å². The standard InChI is InChI=1S/C34H42S2Si/c1-21-19-29-30-20-22(2)36-33(30)34(32(29)35-21)37(3,4)31-18-17-27-26(11-8-12-28(27)31)25-15-13-24(14-16-25)23-9-6-5-7-10-23/h5-7,9-10,13-16,19-20,26-34H,8,11-12,17-18H2,1-4H3. The zero-order valence-corrected chi connectivity index (χ0v) is 25.5. The zero-order chi connectivity index (χ0) is 25.3. The number of allylic oxidation sites excluding steroid dienone is 4. The summed E-state index contributed by atoms with van der Waals surface area (Å²) < 4.78 is 0. The third-order valence-corrected chi connectivity index (χ3v) is 19.4. The van der Waals surface area contributed by atoms with Gasteiger partial charge in [0.05, 0.1) is 8.07 Å². The third-order valence-electron chi connectivity index (χ3n) is 11.1. The van der Waals surface area contributed by atoms with E-state index >= 15 is 0 Å². The molecule has 5 aliphatic rings. The van der Waals surface area contributed by atoms with E-state index in [4.69, 9.17) is 0 Å². The molecule has 8 unspecified atom stereocenters. The summed E-state index contributed by atoms with van der Waals surface area (Å²) in [6.45, 7) is 10.4. The Morgan fingerprint density at radius 3 is 1.95 bits per heavy atom. The van der Waals surface area contributed by atoms with E-state index in [0.29, 0.717) is 0 Å². The van der Waals surface area contributed by atoms with Gasteiger partial charge in [-0.1, -0.05) is 99.1 Å². The molecule has 2 aliphatic heterocycles. The van der Waals surface area contributed by atoms with Crippen molar-refractivity contribution in [2.24, 2.45) is 23.7 Å². The number of benzene rings is 2. The van der Waals surface area contributed by atoms with Crippen molar-refractivity contribution in [3.63, 3.8) is 0 Å². The van der Waals surface area contributed by atoms with Crippen molar-refractivity contribution < 1.29 is 0 Å². The van der Waals surface area contributed by atoms with E-state index < -0.39 is 8.07 Å². The van der Waals surface area contributed by atoms with Crippen LogP contribution in [0.4, 0.5) is 0 Å². The van der Waals surface area contributed by atoms with Crippen LogP contribution in [-0.2, 0) is 0 Å². The molecule has 0 N–H and O–H groups in total. The van der Waals surface area contributed by atoms with Gasteiger partial charge in [-0.25, -0.2) is 0 Å². The molecule has 37 heavy (non-hydrogen) atoms. The lowest BCUT2D eigenvalue weighted by Crippen LogP contribution is -2.46. The molecule has 0 bridgehead atoms. The Bertz CT molecular complexity index is 1180. The zero-order valence-electron chi connectivity index (χ0n) is 22.9. The van der Waals surface area contributed by atoms with Crippen LogP contribution in [0, 0.1) is 23.7 Å². The SMILES string of the molecule is CC1=CC2C3C=C(C)SC3C([Si](C)(C)C3CCC4C(c5ccc(-c6ccccc6)cc5)CCCC43)C2S1. The van der Waals surface area contributed by atoms with Crippen molar-refractivity contribution in [1.29, 1.82) is 0 Å². The molecule has 194 valence electrons. The average Bonchev–Trinajstić information content (AvgIpc) is 3.65. The molecular weight excluding hydrogens is 501 g/mol. The Labute approximate surface area is 234 Å². The summed E-state index contributed by atoms with van der Waals surface area (Å²) in [5.74, 6) is 4.25. The third kappa shape index (κ3) is 4.09. The van der Waals surface area contributed by atoms with E-state index in [0.717, 1.165) is 51.2 Å². The predicted molar refractivity (Wildman–Crippen MR) is 167 cm³/mol. The molecule has 3 fully saturated rings. The first kappa shape index (κ1) is 24.8. The fourth-order valence-electron chi connectivity index (χ4n) is 9.66. The second-order valence-corrected chi connectivity index (χ2v) is 21.2. The van der Waals surface area contributed by atoms with Gasteiger partial charge in [-0.3, -0.25) is 0 Å². The molecular formula is C34H42S2Si. The molecule has 7 rings (SSSR count). The molecule has 3 aliphatic carbocycles. The molecule has 0 radical (unpaired) electrons. The van der Waals surface area contributed by atoms with E-state index in [1.807, 2.05) is 0 Å². The van der Waals surface area contributed by atoms with Gasteiger partial charge >= 0.3 is 0 Å². The molecule has 2 heterocycles. The largest absolute Gasteiger partial charge is 0.127 e. The quantitative estimate of drug-likeness (QED) is 0.352. The van der Waals surface area contributed by atoms with Crippen molar-refractivity contribution in [2.45, 2.75) is 86.5 Å². The number of hydrogen-bond donors (Lipinski definition) is 0. The molecule has 2 aromatic rings. The Morgan fingerprint density at radius 2 is 1.30 bits per heavy atom. The predicted octanol–water partition coefficient (Wildman–Crippen LogP) is 10.4. The normalized spacial score (nSPS) is 38.6. The summed E-state index contributed by atoms with van der Waals surface area (Å²) in [4.78, 5) is 3.21. The van der Waals surface area contributed by atoms with Crippen LogP contribution in [0.1, 0.15) is 57.4 Å². The van der Waals surface area contributed by atoms with Gasteiger partial charge in [0.15, 0.2) is 0 Å². The van der Waals surface area contributed by atoms with Crippen molar-refractivity contribution in [3.05, 3.63) is 82.1 Å². The molecule has 3 saturated carbocycles. The minimum Gasteiger partial charge on any atom is -0.127 e. The Balaban J connectivity index is 1.14. The highest BCUT2D eigenvalue weighted by atomic mass is 32.2. The van der Waals surface area contributed by atoms with Crippen molar-refractivity contribution >= 4 is 31.6 Å². The first-order valence-corrected chi connectivity index (χ1v) is 19.7. The van der Waals surface area contributed by atoms with E-state index in [9.17, 15) is 0 Å². The minimum absolute atomic E-state index is 0.775. The van der Waals surface area contributed by atoms with Gasteiger partial charge in [-0.2, -0.15) is 0 Å². The van der Waals surface area contributed by atoms with Gasteiger partial charge in [0.25, 0.3) is 0 Å². The second kappa shape index (κ2) is 9.49. The van der Waals surface area contributed by atoms with Gasteiger partial charge in [-0.05, 0) is 93.9 Å². The molecule has 3 heteroatoms. The van der Waals surface area contributed by atoms with Crippen LogP contribution in [0.5, 0.6) is 0 Å². The molecule has 0 spiro atoms. The van der Waals surface area contributed by atoms with Crippen LogP contribution in [0.2, 0.25) is 24.2 Å². The van der Waals surface area contributed by atoms with Crippen LogP contribution in [0.3, 0.4) is 0 Å². The highest BCUT2D eigenvalue weighted by molar-refractivity contribution is 8.05. The maximum absolute atomic E-state index is 2.84. The fourth-order valence-corrected chi connectivity index (χ4v) is 20.1. The molecule has 0 saturated heterocycles. The van der Waals surface area contributed by atoms with Gasteiger partial charge < -0.3 is 0 Å². The highest BCUT2D eigenvalue weighted by Gasteiger charge is 2.62. The first-order chi connectivity index (χ1) is 17.9. The van der Waals surface area contributed by atoms with Crippen LogP contribution < -0.4 is 0 Å².